The lowest BCUT2D eigenvalue weighted by Gasteiger charge is -2.47. The SMILES string of the molecule is COCCN1C(=O)CC(C(=O)OC)C12CCN(Cc1cc(OC)ccc1F)CC2. The third-order valence-electron chi connectivity index (χ3n) is 6.24. The van der Waals surface area contributed by atoms with Crippen molar-refractivity contribution in [2.75, 3.05) is 47.6 Å². The Morgan fingerprint density at radius 2 is 1.97 bits per heavy atom. The molecule has 0 aliphatic carbocycles. The van der Waals surface area contributed by atoms with Gasteiger partial charge in [-0.25, -0.2) is 4.39 Å². The van der Waals surface area contributed by atoms with Crippen LogP contribution in [0.4, 0.5) is 4.39 Å². The first kappa shape index (κ1) is 21.5. The molecular formula is C21H29FN2O5. The van der Waals surface area contributed by atoms with Gasteiger partial charge in [0.2, 0.25) is 5.91 Å². The minimum Gasteiger partial charge on any atom is -0.497 e. The molecule has 2 aliphatic heterocycles. The van der Waals surface area contributed by atoms with Gasteiger partial charge in [0.25, 0.3) is 0 Å². The first-order valence-electron chi connectivity index (χ1n) is 9.87. The van der Waals surface area contributed by atoms with Crippen molar-refractivity contribution >= 4 is 11.9 Å². The molecule has 8 heteroatoms. The standard InChI is InChI=1S/C21H29FN2O5/c1-27-11-10-24-19(25)13-17(20(26)29-3)21(24)6-8-23(9-7-21)14-15-12-16(28-2)4-5-18(15)22/h4-5,12,17H,6-11,13-14H2,1-3H3. The topological polar surface area (TPSA) is 68.3 Å². The van der Waals surface area contributed by atoms with Gasteiger partial charge in [-0.05, 0) is 31.0 Å². The van der Waals surface area contributed by atoms with E-state index in [0.717, 1.165) is 0 Å². The van der Waals surface area contributed by atoms with Crippen molar-refractivity contribution in [3.8, 4) is 5.75 Å². The van der Waals surface area contributed by atoms with Crippen molar-refractivity contribution < 1.29 is 28.2 Å². The lowest BCUT2D eigenvalue weighted by Crippen LogP contribution is -2.58. The predicted molar refractivity (Wildman–Crippen MR) is 104 cm³/mol. The third kappa shape index (κ3) is 4.23. The van der Waals surface area contributed by atoms with Crippen LogP contribution in [0, 0.1) is 11.7 Å². The van der Waals surface area contributed by atoms with E-state index in [9.17, 15) is 14.0 Å². The number of piperidine rings is 1. The van der Waals surface area contributed by atoms with Gasteiger partial charge in [0, 0.05) is 45.3 Å². The van der Waals surface area contributed by atoms with E-state index in [2.05, 4.69) is 4.90 Å². The van der Waals surface area contributed by atoms with E-state index in [-0.39, 0.29) is 24.1 Å². The number of carbonyl (C=O) groups is 2. The fourth-order valence-corrected chi connectivity index (χ4v) is 4.64. The van der Waals surface area contributed by atoms with Crippen LogP contribution >= 0.6 is 0 Å². The van der Waals surface area contributed by atoms with E-state index in [1.54, 1.807) is 26.4 Å². The van der Waals surface area contributed by atoms with Crippen LogP contribution < -0.4 is 4.74 Å². The van der Waals surface area contributed by atoms with Crippen molar-refractivity contribution in [3.05, 3.63) is 29.6 Å². The molecule has 1 amide bonds. The second-order valence-corrected chi connectivity index (χ2v) is 7.66. The number of amides is 1. The maximum atomic E-state index is 14.2. The summed E-state index contributed by atoms with van der Waals surface area (Å²) in [6.45, 7) is 2.63. The van der Waals surface area contributed by atoms with Crippen molar-refractivity contribution in [3.63, 3.8) is 0 Å². The van der Waals surface area contributed by atoms with Crippen LogP contribution in [0.2, 0.25) is 0 Å². The minimum atomic E-state index is -0.563. The molecule has 2 heterocycles. The molecule has 29 heavy (non-hydrogen) atoms. The summed E-state index contributed by atoms with van der Waals surface area (Å²) in [5, 5.41) is 0. The van der Waals surface area contributed by atoms with Crippen LogP contribution in [0.3, 0.4) is 0 Å². The number of benzene rings is 1. The van der Waals surface area contributed by atoms with Gasteiger partial charge in [0.05, 0.1) is 32.3 Å². The highest BCUT2D eigenvalue weighted by atomic mass is 19.1. The first-order chi connectivity index (χ1) is 13.9. The zero-order valence-electron chi connectivity index (χ0n) is 17.3. The molecule has 7 nitrogen and oxygen atoms in total. The number of hydrogen-bond acceptors (Lipinski definition) is 6. The molecule has 1 aromatic carbocycles. The Morgan fingerprint density at radius 3 is 2.59 bits per heavy atom. The van der Waals surface area contributed by atoms with Crippen molar-refractivity contribution in [1.29, 1.82) is 0 Å². The normalized spacial score (nSPS) is 21.6. The van der Waals surface area contributed by atoms with Crippen LogP contribution in [-0.4, -0.2) is 74.8 Å². The first-order valence-corrected chi connectivity index (χ1v) is 9.87. The van der Waals surface area contributed by atoms with Gasteiger partial charge in [-0.2, -0.15) is 0 Å². The van der Waals surface area contributed by atoms with Crippen molar-refractivity contribution in [2.24, 2.45) is 5.92 Å². The Morgan fingerprint density at radius 1 is 1.24 bits per heavy atom. The van der Waals surface area contributed by atoms with E-state index >= 15 is 0 Å². The smallest absolute Gasteiger partial charge is 0.311 e. The second kappa shape index (κ2) is 9.09. The summed E-state index contributed by atoms with van der Waals surface area (Å²) in [4.78, 5) is 29.0. The Hall–Kier alpha value is -2.19. The molecule has 3 rings (SSSR count). The largest absolute Gasteiger partial charge is 0.497 e. The molecule has 1 aromatic rings. The fourth-order valence-electron chi connectivity index (χ4n) is 4.64. The maximum Gasteiger partial charge on any atom is 0.311 e. The van der Waals surface area contributed by atoms with Gasteiger partial charge in [-0.15, -0.1) is 0 Å². The van der Waals surface area contributed by atoms with Crippen molar-refractivity contribution in [1.82, 2.24) is 9.80 Å². The van der Waals surface area contributed by atoms with Gasteiger partial charge in [-0.1, -0.05) is 0 Å². The predicted octanol–water partition coefficient (Wildman–Crippen LogP) is 1.84. The number of halogens is 1. The highest BCUT2D eigenvalue weighted by molar-refractivity contribution is 5.89. The van der Waals surface area contributed by atoms with Crippen LogP contribution in [0.1, 0.15) is 24.8 Å². The zero-order valence-corrected chi connectivity index (χ0v) is 17.3. The Kier molecular flexibility index (Phi) is 6.74. The molecule has 0 saturated carbocycles. The molecule has 1 spiro atoms. The number of nitrogens with zero attached hydrogens (tertiary/aromatic N) is 2. The Labute approximate surface area is 170 Å². The fraction of sp³-hybridized carbons (Fsp3) is 0.619. The maximum absolute atomic E-state index is 14.2. The van der Waals surface area contributed by atoms with Gasteiger partial charge in [-0.3, -0.25) is 14.5 Å². The lowest BCUT2D eigenvalue weighted by molar-refractivity contribution is -0.150. The highest BCUT2D eigenvalue weighted by Gasteiger charge is 2.56. The van der Waals surface area contributed by atoms with Gasteiger partial charge in [0.15, 0.2) is 0 Å². The molecule has 1 unspecified atom stereocenters. The average molecular weight is 408 g/mol. The average Bonchev–Trinajstić information content (AvgIpc) is 3.00. The summed E-state index contributed by atoms with van der Waals surface area (Å²) in [6, 6.07) is 4.72. The highest BCUT2D eigenvalue weighted by Crippen LogP contribution is 2.44. The quantitative estimate of drug-likeness (QED) is 0.642. The molecule has 1 atom stereocenters. The lowest BCUT2D eigenvalue weighted by atomic mass is 9.76. The van der Waals surface area contributed by atoms with Crippen molar-refractivity contribution in [2.45, 2.75) is 31.3 Å². The monoisotopic (exact) mass is 408 g/mol. The van der Waals surface area contributed by atoms with E-state index < -0.39 is 11.5 Å². The number of carbonyl (C=O) groups excluding carboxylic acids is 2. The van der Waals surface area contributed by atoms with E-state index in [1.807, 2.05) is 4.90 Å². The molecule has 2 aliphatic rings. The van der Waals surface area contributed by atoms with Gasteiger partial charge < -0.3 is 19.1 Å². The molecule has 0 N–H and O–H groups in total. The number of esters is 1. The summed E-state index contributed by atoms with van der Waals surface area (Å²) in [5.41, 5.74) is 0.00937. The molecule has 0 aromatic heterocycles. The number of hydrogen-bond donors (Lipinski definition) is 0. The molecule has 160 valence electrons. The number of rotatable bonds is 7. The number of likely N-dealkylation sites (tertiary alicyclic amines) is 2. The Bertz CT molecular complexity index is 749. The summed E-state index contributed by atoms with van der Waals surface area (Å²) >= 11 is 0. The molecule has 2 saturated heterocycles. The summed E-state index contributed by atoms with van der Waals surface area (Å²) in [7, 11) is 4.51. The van der Waals surface area contributed by atoms with Crippen LogP contribution in [-0.2, 0) is 25.6 Å². The summed E-state index contributed by atoms with van der Waals surface area (Å²) < 4.78 is 29.6. The van der Waals surface area contributed by atoms with Gasteiger partial charge >= 0.3 is 5.97 Å². The molecule has 0 radical (unpaired) electrons. The Balaban J connectivity index is 1.75. The van der Waals surface area contributed by atoms with Crippen LogP contribution in [0.5, 0.6) is 5.75 Å². The van der Waals surface area contributed by atoms with Crippen LogP contribution in [0.25, 0.3) is 0 Å². The third-order valence-corrected chi connectivity index (χ3v) is 6.24. The van der Waals surface area contributed by atoms with E-state index in [0.29, 0.717) is 56.9 Å². The minimum absolute atomic E-state index is 0.0373. The van der Waals surface area contributed by atoms with Gasteiger partial charge in [0.1, 0.15) is 11.6 Å². The van der Waals surface area contributed by atoms with E-state index in [1.165, 1.54) is 13.2 Å². The molecule has 0 bridgehead atoms. The summed E-state index contributed by atoms with van der Waals surface area (Å²) in [6.07, 6.45) is 1.43. The van der Waals surface area contributed by atoms with E-state index in [4.69, 9.17) is 14.2 Å². The number of methoxy groups -OCH3 is 3. The summed E-state index contributed by atoms with van der Waals surface area (Å²) in [5.74, 6) is -0.507. The molecule has 2 fully saturated rings. The van der Waals surface area contributed by atoms with Crippen LogP contribution in [0.15, 0.2) is 18.2 Å². The molecular weight excluding hydrogens is 379 g/mol. The second-order valence-electron chi connectivity index (χ2n) is 7.66. The zero-order chi connectivity index (χ0) is 21.0. The number of ether oxygens (including phenoxy) is 3.